The zero-order valence-electron chi connectivity index (χ0n) is 6.89. The van der Waals surface area contributed by atoms with Gasteiger partial charge in [0.2, 0.25) is 0 Å². The van der Waals surface area contributed by atoms with E-state index in [9.17, 15) is 5.11 Å². The standard InChI is InChI=1S/C4H9O.C2H4O2.Na/c1-2-3-4-5;1-2(3)4;/h2-4H2,1H3;1H3,(H,3,4);/q-1;;+1. The number of carbonyl (C=O) groups is 1. The van der Waals surface area contributed by atoms with E-state index >= 15 is 0 Å². The molecular weight excluding hydrogens is 143 g/mol. The summed E-state index contributed by atoms with van der Waals surface area (Å²) in [5, 5.41) is 16.9. The van der Waals surface area contributed by atoms with Crippen molar-refractivity contribution in [1.29, 1.82) is 0 Å². The SMILES string of the molecule is CC(=O)O.CCCC[O-].[Na+]. The number of rotatable bonds is 2. The minimum Gasteiger partial charge on any atom is -0.854 e. The van der Waals surface area contributed by atoms with Gasteiger partial charge in [0.15, 0.2) is 0 Å². The number of hydrogen-bond acceptors (Lipinski definition) is 2. The van der Waals surface area contributed by atoms with E-state index in [1.807, 2.05) is 6.92 Å². The van der Waals surface area contributed by atoms with E-state index in [4.69, 9.17) is 9.90 Å². The summed E-state index contributed by atoms with van der Waals surface area (Å²) in [5.74, 6) is -0.833. The van der Waals surface area contributed by atoms with Crippen molar-refractivity contribution < 1.29 is 44.6 Å². The number of aliphatic carboxylic acids is 1. The molecular formula is C6H13NaO3. The molecule has 0 heterocycles. The fourth-order valence-electron chi connectivity index (χ4n) is 0.144. The zero-order valence-corrected chi connectivity index (χ0v) is 8.89. The van der Waals surface area contributed by atoms with Crippen molar-refractivity contribution in [1.82, 2.24) is 0 Å². The van der Waals surface area contributed by atoms with Crippen LogP contribution in [0.25, 0.3) is 0 Å². The molecule has 1 N–H and O–H groups in total. The molecule has 10 heavy (non-hydrogen) atoms. The molecule has 0 aliphatic heterocycles. The van der Waals surface area contributed by atoms with Crippen molar-refractivity contribution in [3.63, 3.8) is 0 Å². The molecule has 0 radical (unpaired) electrons. The van der Waals surface area contributed by atoms with Gasteiger partial charge in [0.25, 0.3) is 5.97 Å². The van der Waals surface area contributed by atoms with Crippen LogP contribution in [0.4, 0.5) is 0 Å². The van der Waals surface area contributed by atoms with Gasteiger partial charge in [-0.05, 0) is 0 Å². The first-order chi connectivity index (χ1) is 4.15. The monoisotopic (exact) mass is 156 g/mol. The van der Waals surface area contributed by atoms with Crippen molar-refractivity contribution in [2.75, 3.05) is 6.61 Å². The predicted molar refractivity (Wildman–Crippen MR) is 33.1 cm³/mol. The van der Waals surface area contributed by atoms with Crippen LogP contribution in [0.3, 0.4) is 0 Å². The largest absolute Gasteiger partial charge is 1.00 e. The van der Waals surface area contributed by atoms with Crippen LogP contribution in [0.5, 0.6) is 0 Å². The molecule has 0 spiro atoms. The van der Waals surface area contributed by atoms with Gasteiger partial charge in [0.05, 0.1) is 0 Å². The molecule has 56 valence electrons. The van der Waals surface area contributed by atoms with Crippen LogP contribution in [0.15, 0.2) is 0 Å². The van der Waals surface area contributed by atoms with Crippen molar-refractivity contribution in [3.8, 4) is 0 Å². The molecule has 0 unspecified atom stereocenters. The molecule has 0 amide bonds. The molecule has 0 saturated heterocycles. The maximum atomic E-state index is 9.53. The third kappa shape index (κ3) is 78.8. The molecule has 0 aromatic rings. The van der Waals surface area contributed by atoms with Crippen molar-refractivity contribution >= 4 is 5.97 Å². The van der Waals surface area contributed by atoms with Crippen molar-refractivity contribution in [3.05, 3.63) is 0 Å². The average molecular weight is 156 g/mol. The van der Waals surface area contributed by atoms with Crippen molar-refractivity contribution in [2.45, 2.75) is 26.7 Å². The van der Waals surface area contributed by atoms with Crippen LogP contribution in [0.2, 0.25) is 0 Å². The van der Waals surface area contributed by atoms with E-state index in [1.54, 1.807) is 0 Å². The summed E-state index contributed by atoms with van der Waals surface area (Å²) < 4.78 is 0. The molecule has 0 aliphatic rings. The number of hydrogen-bond donors (Lipinski definition) is 1. The van der Waals surface area contributed by atoms with Gasteiger partial charge in [-0.2, -0.15) is 0 Å². The van der Waals surface area contributed by atoms with Gasteiger partial charge in [0, 0.05) is 6.92 Å². The smallest absolute Gasteiger partial charge is 0.854 e. The average Bonchev–Trinajstić information content (AvgIpc) is 1.66. The Morgan fingerprint density at radius 2 is 1.90 bits per heavy atom. The first-order valence-corrected chi connectivity index (χ1v) is 2.92. The van der Waals surface area contributed by atoms with Gasteiger partial charge in [0.1, 0.15) is 0 Å². The van der Waals surface area contributed by atoms with Crippen LogP contribution >= 0.6 is 0 Å². The second kappa shape index (κ2) is 16.2. The summed E-state index contributed by atoms with van der Waals surface area (Å²) >= 11 is 0. The number of carboxylic acids is 1. The van der Waals surface area contributed by atoms with Gasteiger partial charge >= 0.3 is 29.6 Å². The van der Waals surface area contributed by atoms with Crippen LogP contribution in [0.1, 0.15) is 26.7 Å². The third-order valence-corrected chi connectivity index (χ3v) is 0.498. The maximum absolute atomic E-state index is 9.53. The maximum Gasteiger partial charge on any atom is 1.00 e. The van der Waals surface area contributed by atoms with Gasteiger partial charge in [-0.1, -0.05) is 19.8 Å². The summed E-state index contributed by atoms with van der Waals surface area (Å²) in [6, 6.07) is 0. The number of carboxylic acid groups (broad SMARTS) is 1. The summed E-state index contributed by atoms with van der Waals surface area (Å²) in [4.78, 5) is 9.00. The van der Waals surface area contributed by atoms with Gasteiger partial charge in [-0.15, -0.1) is 6.61 Å². The second-order valence-electron chi connectivity index (χ2n) is 1.58. The minimum absolute atomic E-state index is 0. The number of unbranched alkanes of at least 4 members (excludes halogenated alkanes) is 1. The summed E-state index contributed by atoms with van der Waals surface area (Å²) in [5.41, 5.74) is 0. The van der Waals surface area contributed by atoms with Gasteiger partial charge < -0.3 is 10.2 Å². The van der Waals surface area contributed by atoms with Crippen LogP contribution in [0, 0.1) is 0 Å². The van der Waals surface area contributed by atoms with E-state index in [0.29, 0.717) is 0 Å². The Morgan fingerprint density at radius 3 is 1.90 bits per heavy atom. The zero-order chi connectivity index (χ0) is 7.70. The molecule has 0 fully saturated rings. The molecule has 0 saturated carbocycles. The summed E-state index contributed by atoms with van der Waals surface area (Å²) in [7, 11) is 0. The molecule has 0 bridgehead atoms. The molecule has 3 nitrogen and oxygen atoms in total. The Morgan fingerprint density at radius 1 is 1.60 bits per heavy atom. The van der Waals surface area contributed by atoms with Crippen molar-refractivity contribution in [2.24, 2.45) is 0 Å². The Bertz CT molecular complexity index is 60.0. The second-order valence-corrected chi connectivity index (χ2v) is 1.58. The molecule has 4 heteroatoms. The van der Waals surface area contributed by atoms with Crippen LogP contribution in [-0.2, 0) is 4.79 Å². The first kappa shape index (κ1) is 16.8. The first-order valence-electron chi connectivity index (χ1n) is 2.92. The fourth-order valence-corrected chi connectivity index (χ4v) is 0.144. The Balaban J connectivity index is -0.0000000910. The molecule has 0 aliphatic carbocycles. The van der Waals surface area contributed by atoms with Crippen LogP contribution < -0.4 is 34.7 Å². The summed E-state index contributed by atoms with van der Waals surface area (Å²) in [6.45, 7) is 3.19. The molecule has 0 atom stereocenters. The topological polar surface area (TPSA) is 60.4 Å². The van der Waals surface area contributed by atoms with E-state index in [-0.39, 0.29) is 36.2 Å². The Labute approximate surface area is 83.7 Å². The van der Waals surface area contributed by atoms with E-state index < -0.39 is 5.97 Å². The molecule has 0 aromatic heterocycles. The van der Waals surface area contributed by atoms with Gasteiger partial charge in [-0.25, -0.2) is 0 Å². The summed E-state index contributed by atoms with van der Waals surface area (Å²) in [6.07, 6.45) is 1.86. The quantitative estimate of drug-likeness (QED) is 0.441. The minimum atomic E-state index is -0.833. The molecule has 0 aromatic carbocycles. The predicted octanol–water partition coefficient (Wildman–Crippen LogP) is -2.76. The molecule has 0 rings (SSSR count). The Kier molecular flexibility index (Phi) is 27.2. The van der Waals surface area contributed by atoms with E-state index in [1.165, 1.54) is 0 Å². The van der Waals surface area contributed by atoms with E-state index in [0.717, 1.165) is 19.8 Å². The third-order valence-electron chi connectivity index (χ3n) is 0.498. The Hall–Kier alpha value is 0.430. The van der Waals surface area contributed by atoms with Crippen LogP contribution in [-0.4, -0.2) is 17.7 Å². The van der Waals surface area contributed by atoms with E-state index in [2.05, 4.69) is 0 Å². The van der Waals surface area contributed by atoms with Gasteiger partial charge in [-0.3, -0.25) is 4.79 Å². The normalized spacial score (nSPS) is 6.70. The fraction of sp³-hybridized carbons (Fsp3) is 0.833.